The van der Waals surface area contributed by atoms with Gasteiger partial charge in [0.05, 0.1) is 18.8 Å². The van der Waals surface area contributed by atoms with Gasteiger partial charge in [0.2, 0.25) is 0 Å². The highest BCUT2D eigenvalue weighted by Crippen LogP contribution is 1.99. The number of hydrogen-bond acceptors (Lipinski definition) is 3. The number of rotatable bonds is 6. The summed E-state index contributed by atoms with van der Waals surface area (Å²) in [6, 6.07) is 5.96. The number of pyridine rings is 1. The van der Waals surface area contributed by atoms with Gasteiger partial charge in [-0.3, -0.25) is 4.98 Å². The Kier molecular flexibility index (Phi) is 6.79. The molecule has 2 N–H and O–H groups in total. The van der Waals surface area contributed by atoms with E-state index in [4.69, 9.17) is 4.74 Å². The third-order valence-corrected chi connectivity index (χ3v) is 2.29. The van der Waals surface area contributed by atoms with Gasteiger partial charge in [-0.2, -0.15) is 0 Å². The van der Waals surface area contributed by atoms with Crippen molar-refractivity contribution < 1.29 is 4.74 Å². The molecule has 0 unspecified atom stereocenters. The lowest BCUT2D eigenvalue weighted by atomic mass is 10.3. The fraction of sp³-hybridized carbons (Fsp3) is 0.538. The van der Waals surface area contributed by atoms with Crippen LogP contribution in [0.1, 0.15) is 18.3 Å². The number of nitrogens with one attached hydrogen (secondary N) is 2. The van der Waals surface area contributed by atoms with Crippen LogP contribution >= 0.6 is 0 Å². The molecule has 0 radical (unpaired) electrons. The van der Waals surface area contributed by atoms with Crippen molar-refractivity contribution in [2.75, 3.05) is 26.8 Å². The number of aryl methyl sites for hydroxylation is 1. The summed E-state index contributed by atoms with van der Waals surface area (Å²) in [4.78, 5) is 8.89. The van der Waals surface area contributed by atoms with E-state index < -0.39 is 0 Å². The van der Waals surface area contributed by atoms with Crippen LogP contribution in [0.5, 0.6) is 0 Å². The molecule has 0 amide bonds. The van der Waals surface area contributed by atoms with Gasteiger partial charge in [-0.25, -0.2) is 4.99 Å². The van der Waals surface area contributed by atoms with Crippen LogP contribution in [0.25, 0.3) is 0 Å². The Morgan fingerprint density at radius 1 is 1.39 bits per heavy atom. The Balaban J connectivity index is 2.53. The van der Waals surface area contributed by atoms with E-state index in [2.05, 4.69) is 20.6 Å². The molecule has 0 aliphatic carbocycles. The van der Waals surface area contributed by atoms with Crippen LogP contribution < -0.4 is 10.6 Å². The van der Waals surface area contributed by atoms with Crippen molar-refractivity contribution >= 4 is 5.96 Å². The van der Waals surface area contributed by atoms with Gasteiger partial charge in [-0.15, -0.1) is 0 Å². The Morgan fingerprint density at radius 2 is 2.22 bits per heavy atom. The summed E-state index contributed by atoms with van der Waals surface area (Å²) in [6.45, 7) is 6.83. The van der Waals surface area contributed by atoms with Crippen LogP contribution in [0.15, 0.2) is 23.2 Å². The molecular formula is C13H22N4O. The van der Waals surface area contributed by atoms with E-state index in [0.29, 0.717) is 13.2 Å². The van der Waals surface area contributed by atoms with E-state index in [1.807, 2.05) is 32.0 Å². The fourth-order valence-electron chi connectivity index (χ4n) is 1.46. The molecule has 0 aliphatic heterocycles. The summed E-state index contributed by atoms with van der Waals surface area (Å²) in [5, 5.41) is 6.37. The number of aliphatic imine (C=N–C) groups is 1. The Bertz CT molecular complexity index is 379. The van der Waals surface area contributed by atoms with E-state index in [-0.39, 0.29) is 0 Å². The van der Waals surface area contributed by atoms with Crippen LogP contribution in [0.3, 0.4) is 0 Å². The normalized spacial score (nSPS) is 11.4. The van der Waals surface area contributed by atoms with Crippen molar-refractivity contribution in [3.8, 4) is 0 Å². The smallest absolute Gasteiger partial charge is 0.191 e. The summed E-state index contributed by atoms with van der Waals surface area (Å²) in [5.41, 5.74) is 1.99. The quantitative estimate of drug-likeness (QED) is 0.451. The van der Waals surface area contributed by atoms with Crippen LogP contribution in [-0.2, 0) is 11.3 Å². The first-order valence-corrected chi connectivity index (χ1v) is 6.20. The van der Waals surface area contributed by atoms with Gasteiger partial charge >= 0.3 is 0 Å². The maximum absolute atomic E-state index is 4.99. The average Bonchev–Trinajstić information content (AvgIpc) is 2.36. The molecule has 0 saturated heterocycles. The topological polar surface area (TPSA) is 58.5 Å². The average molecular weight is 250 g/mol. The van der Waals surface area contributed by atoms with Gasteiger partial charge in [0, 0.05) is 25.9 Å². The summed E-state index contributed by atoms with van der Waals surface area (Å²) in [6.07, 6.45) is 0. The molecule has 1 rings (SSSR count). The molecule has 1 heterocycles. The fourth-order valence-corrected chi connectivity index (χ4v) is 1.46. The molecule has 1 aromatic heterocycles. The Morgan fingerprint density at radius 3 is 2.89 bits per heavy atom. The van der Waals surface area contributed by atoms with Crippen molar-refractivity contribution in [2.24, 2.45) is 4.99 Å². The highest BCUT2D eigenvalue weighted by molar-refractivity contribution is 5.79. The lowest BCUT2D eigenvalue weighted by Crippen LogP contribution is -2.38. The maximum atomic E-state index is 4.99. The Hall–Kier alpha value is -1.62. The van der Waals surface area contributed by atoms with Crippen molar-refractivity contribution in [1.82, 2.24) is 15.6 Å². The third-order valence-electron chi connectivity index (χ3n) is 2.29. The van der Waals surface area contributed by atoms with Gasteiger partial charge in [-0.05, 0) is 26.0 Å². The van der Waals surface area contributed by atoms with Gasteiger partial charge < -0.3 is 15.4 Å². The van der Waals surface area contributed by atoms with E-state index in [1.165, 1.54) is 0 Å². The van der Waals surface area contributed by atoms with Gasteiger partial charge in [-0.1, -0.05) is 6.07 Å². The predicted molar refractivity (Wildman–Crippen MR) is 73.7 cm³/mol. The molecule has 0 fully saturated rings. The minimum absolute atomic E-state index is 0.573. The molecule has 0 saturated carbocycles. The second-order valence-corrected chi connectivity index (χ2v) is 3.89. The van der Waals surface area contributed by atoms with Gasteiger partial charge in [0.25, 0.3) is 0 Å². The molecule has 1 aromatic rings. The van der Waals surface area contributed by atoms with Crippen LogP contribution in [-0.4, -0.2) is 37.7 Å². The number of ether oxygens (including phenoxy) is 1. The number of aromatic nitrogens is 1. The zero-order valence-electron chi connectivity index (χ0n) is 11.4. The molecule has 0 spiro atoms. The predicted octanol–water partition coefficient (Wildman–Crippen LogP) is 1.09. The van der Waals surface area contributed by atoms with Crippen LogP contribution in [0.4, 0.5) is 0 Å². The van der Waals surface area contributed by atoms with Crippen molar-refractivity contribution in [3.63, 3.8) is 0 Å². The first kappa shape index (κ1) is 14.4. The lowest BCUT2D eigenvalue weighted by Gasteiger charge is -2.10. The number of methoxy groups -OCH3 is 1. The number of guanidine groups is 1. The molecule has 5 heteroatoms. The number of hydrogen-bond donors (Lipinski definition) is 2. The minimum atomic E-state index is 0.573. The zero-order chi connectivity index (χ0) is 13.2. The van der Waals surface area contributed by atoms with E-state index >= 15 is 0 Å². The molecule has 0 bridgehead atoms. The van der Waals surface area contributed by atoms with Crippen molar-refractivity contribution in [3.05, 3.63) is 29.6 Å². The minimum Gasteiger partial charge on any atom is -0.383 e. The summed E-state index contributed by atoms with van der Waals surface area (Å²) in [5.74, 6) is 0.790. The first-order chi connectivity index (χ1) is 8.76. The second-order valence-electron chi connectivity index (χ2n) is 3.89. The third kappa shape index (κ3) is 5.63. The maximum Gasteiger partial charge on any atom is 0.191 e. The van der Waals surface area contributed by atoms with Gasteiger partial charge in [0.1, 0.15) is 0 Å². The molecule has 5 nitrogen and oxygen atoms in total. The first-order valence-electron chi connectivity index (χ1n) is 6.20. The standard InChI is InChI=1S/C13H22N4O/c1-4-14-13(15-8-9-18-3)16-10-12-7-5-6-11(2)17-12/h5-7H,4,8-10H2,1-3H3,(H2,14,15,16). The molecule has 100 valence electrons. The number of nitrogens with zero attached hydrogens (tertiary/aromatic N) is 2. The van der Waals surface area contributed by atoms with Gasteiger partial charge in [0.15, 0.2) is 5.96 Å². The Labute approximate surface area is 109 Å². The molecule has 0 aromatic carbocycles. The van der Waals surface area contributed by atoms with E-state index in [1.54, 1.807) is 7.11 Å². The lowest BCUT2D eigenvalue weighted by molar-refractivity contribution is 0.203. The second kappa shape index (κ2) is 8.47. The summed E-state index contributed by atoms with van der Waals surface area (Å²) >= 11 is 0. The van der Waals surface area contributed by atoms with Crippen molar-refractivity contribution in [2.45, 2.75) is 20.4 Å². The molecule has 0 aliphatic rings. The van der Waals surface area contributed by atoms with Crippen molar-refractivity contribution in [1.29, 1.82) is 0 Å². The SMILES string of the molecule is CCNC(=NCc1cccc(C)n1)NCCOC. The van der Waals surface area contributed by atoms with E-state index in [0.717, 1.165) is 30.4 Å². The molecular weight excluding hydrogens is 228 g/mol. The summed E-state index contributed by atoms with van der Waals surface area (Å²) < 4.78 is 4.99. The molecule has 0 atom stereocenters. The van der Waals surface area contributed by atoms with Crippen LogP contribution in [0.2, 0.25) is 0 Å². The van der Waals surface area contributed by atoms with Crippen LogP contribution in [0, 0.1) is 6.92 Å². The summed E-state index contributed by atoms with van der Waals surface area (Å²) in [7, 11) is 1.68. The zero-order valence-corrected chi connectivity index (χ0v) is 11.4. The van der Waals surface area contributed by atoms with E-state index in [9.17, 15) is 0 Å². The monoisotopic (exact) mass is 250 g/mol. The largest absolute Gasteiger partial charge is 0.383 e. The highest BCUT2D eigenvalue weighted by Gasteiger charge is 1.97. The molecule has 18 heavy (non-hydrogen) atoms. The highest BCUT2D eigenvalue weighted by atomic mass is 16.5.